The van der Waals surface area contributed by atoms with E-state index >= 15 is 0 Å². The number of hydrogen-bond donors (Lipinski definition) is 2. The molecule has 0 aliphatic heterocycles. The number of imidazole rings is 1. The lowest BCUT2D eigenvalue weighted by Gasteiger charge is -2.07. The van der Waals surface area contributed by atoms with E-state index in [0.29, 0.717) is 30.8 Å². The number of nitrogens with zero attached hydrogens (tertiary/aromatic N) is 4. The van der Waals surface area contributed by atoms with Crippen LogP contribution in [-0.2, 0) is 6.54 Å². The van der Waals surface area contributed by atoms with Crippen LogP contribution < -0.4 is 5.32 Å². The van der Waals surface area contributed by atoms with E-state index in [4.69, 9.17) is 9.63 Å². The van der Waals surface area contributed by atoms with E-state index in [2.05, 4.69) is 20.4 Å². The molecule has 2 aromatic heterocycles. The van der Waals surface area contributed by atoms with Crippen LogP contribution in [0.4, 0.5) is 5.95 Å². The fraction of sp³-hybridized carbons (Fsp3) is 0.211. The standard InChI is InChI=1S/C19H19N5O2/c1-13-6-2-3-7-14(13)18-22-17(23-26-18)12-24-16-9-5-4-8-15(16)21-19(24)20-10-11-25/h2-9,25H,10-12H2,1H3,(H,20,21). The van der Waals surface area contributed by atoms with Crippen LogP contribution in [0.5, 0.6) is 0 Å². The molecule has 4 aromatic rings. The predicted octanol–water partition coefficient (Wildman–Crippen LogP) is 2.85. The summed E-state index contributed by atoms with van der Waals surface area (Å²) in [6, 6.07) is 15.8. The molecule has 7 nitrogen and oxygen atoms in total. The topological polar surface area (TPSA) is 89.0 Å². The van der Waals surface area contributed by atoms with Gasteiger partial charge < -0.3 is 19.5 Å². The second-order valence-electron chi connectivity index (χ2n) is 5.99. The molecule has 7 heteroatoms. The molecule has 0 saturated carbocycles. The number of hydrogen-bond acceptors (Lipinski definition) is 6. The largest absolute Gasteiger partial charge is 0.395 e. The highest BCUT2D eigenvalue weighted by molar-refractivity contribution is 5.78. The van der Waals surface area contributed by atoms with Crippen LogP contribution in [0.1, 0.15) is 11.4 Å². The second kappa shape index (κ2) is 6.97. The molecule has 0 aliphatic carbocycles. The van der Waals surface area contributed by atoms with Crippen LogP contribution in [-0.4, -0.2) is 37.9 Å². The molecule has 2 aromatic carbocycles. The number of aliphatic hydroxyl groups is 1. The van der Waals surface area contributed by atoms with Crippen LogP contribution >= 0.6 is 0 Å². The number of aliphatic hydroxyl groups excluding tert-OH is 1. The minimum absolute atomic E-state index is 0.0306. The van der Waals surface area contributed by atoms with Crippen molar-refractivity contribution in [3.8, 4) is 11.5 Å². The smallest absolute Gasteiger partial charge is 0.258 e. The lowest BCUT2D eigenvalue weighted by atomic mass is 10.1. The molecule has 0 spiro atoms. The Morgan fingerprint density at radius 3 is 2.73 bits per heavy atom. The van der Waals surface area contributed by atoms with Crippen molar-refractivity contribution in [3.63, 3.8) is 0 Å². The molecule has 26 heavy (non-hydrogen) atoms. The summed E-state index contributed by atoms with van der Waals surface area (Å²) in [6.07, 6.45) is 0. The third-order valence-corrected chi connectivity index (χ3v) is 4.19. The van der Waals surface area contributed by atoms with Crippen molar-refractivity contribution in [1.82, 2.24) is 19.7 Å². The van der Waals surface area contributed by atoms with Crippen molar-refractivity contribution in [2.75, 3.05) is 18.5 Å². The average molecular weight is 349 g/mol. The SMILES string of the molecule is Cc1ccccc1-c1nc(Cn2c(NCCO)nc3ccccc32)no1. The number of benzene rings is 2. The van der Waals surface area contributed by atoms with E-state index in [0.717, 1.165) is 22.2 Å². The van der Waals surface area contributed by atoms with Crippen molar-refractivity contribution in [3.05, 3.63) is 59.9 Å². The van der Waals surface area contributed by atoms with Gasteiger partial charge in [-0.15, -0.1) is 0 Å². The Balaban J connectivity index is 1.68. The average Bonchev–Trinajstić information content (AvgIpc) is 3.26. The van der Waals surface area contributed by atoms with Crippen LogP contribution in [0.15, 0.2) is 53.1 Å². The van der Waals surface area contributed by atoms with Gasteiger partial charge in [0.1, 0.15) is 0 Å². The van der Waals surface area contributed by atoms with Gasteiger partial charge in [-0.2, -0.15) is 4.98 Å². The number of nitrogens with one attached hydrogen (secondary N) is 1. The summed E-state index contributed by atoms with van der Waals surface area (Å²) in [5.74, 6) is 1.74. The summed E-state index contributed by atoms with van der Waals surface area (Å²) in [5.41, 5.74) is 3.85. The fourth-order valence-electron chi connectivity index (χ4n) is 2.92. The number of aromatic nitrogens is 4. The maximum atomic E-state index is 9.10. The Hall–Kier alpha value is -3.19. The molecule has 0 atom stereocenters. The third-order valence-electron chi connectivity index (χ3n) is 4.19. The highest BCUT2D eigenvalue weighted by Gasteiger charge is 2.15. The van der Waals surface area contributed by atoms with Gasteiger partial charge in [-0.3, -0.25) is 0 Å². The van der Waals surface area contributed by atoms with E-state index in [1.54, 1.807) is 0 Å². The first-order valence-corrected chi connectivity index (χ1v) is 8.45. The van der Waals surface area contributed by atoms with Crippen LogP contribution in [0.3, 0.4) is 0 Å². The molecular weight excluding hydrogens is 330 g/mol. The molecule has 0 fully saturated rings. The number of aryl methyl sites for hydroxylation is 1. The number of anilines is 1. The van der Waals surface area contributed by atoms with Crippen molar-refractivity contribution in [1.29, 1.82) is 0 Å². The van der Waals surface area contributed by atoms with Gasteiger partial charge in [0.25, 0.3) is 5.89 Å². The summed E-state index contributed by atoms with van der Waals surface area (Å²) in [4.78, 5) is 9.12. The first-order valence-electron chi connectivity index (χ1n) is 8.45. The maximum Gasteiger partial charge on any atom is 0.258 e. The Morgan fingerprint density at radius 1 is 1.08 bits per heavy atom. The minimum atomic E-state index is 0.0306. The minimum Gasteiger partial charge on any atom is -0.395 e. The Bertz CT molecular complexity index is 1040. The second-order valence-corrected chi connectivity index (χ2v) is 5.99. The molecule has 0 radical (unpaired) electrons. The third kappa shape index (κ3) is 3.04. The van der Waals surface area contributed by atoms with Gasteiger partial charge in [-0.05, 0) is 30.7 Å². The summed E-state index contributed by atoms with van der Waals surface area (Å²) >= 11 is 0. The van der Waals surface area contributed by atoms with Gasteiger partial charge in [0.2, 0.25) is 5.95 Å². The zero-order valence-corrected chi connectivity index (χ0v) is 14.4. The molecule has 0 bridgehead atoms. The highest BCUT2D eigenvalue weighted by Crippen LogP contribution is 2.23. The zero-order valence-electron chi connectivity index (χ0n) is 14.4. The van der Waals surface area contributed by atoms with Crippen LogP contribution in [0.2, 0.25) is 0 Å². The number of fused-ring (bicyclic) bond motifs is 1. The number of para-hydroxylation sites is 2. The maximum absolute atomic E-state index is 9.10. The first kappa shape index (κ1) is 16.3. The van der Waals surface area contributed by atoms with Crippen LogP contribution in [0, 0.1) is 6.92 Å². The summed E-state index contributed by atoms with van der Waals surface area (Å²) < 4.78 is 7.44. The fourth-order valence-corrected chi connectivity index (χ4v) is 2.92. The zero-order chi connectivity index (χ0) is 17.9. The van der Waals surface area contributed by atoms with Crippen molar-refractivity contribution in [2.24, 2.45) is 0 Å². The van der Waals surface area contributed by atoms with E-state index in [1.807, 2.05) is 60.0 Å². The first-order chi connectivity index (χ1) is 12.8. The quantitative estimate of drug-likeness (QED) is 0.556. The van der Waals surface area contributed by atoms with Gasteiger partial charge in [0.05, 0.1) is 24.2 Å². The van der Waals surface area contributed by atoms with E-state index in [1.165, 1.54) is 0 Å². The normalized spacial score (nSPS) is 11.2. The van der Waals surface area contributed by atoms with Crippen molar-refractivity contribution in [2.45, 2.75) is 13.5 Å². The Morgan fingerprint density at radius 2 is 1.88 bits per heavy atom. The van der Waals surface area contributed by atoms with Crippen molar-refractivity contribution >= 4 is 17.0 Å². The molecule has 0 amide bonds. The molecule has 4 rings (SSSR count). The van der Waals surface area contributed by atoms with Gasteiger partial charge in [0, 0.05) is 12.1 Å². The van der Waals surface area contributed by atoms with Crippen molar-refractivity contribution < 1.29 is 9.63 Å². The van der Waals surface area contributed by atoms with E-state index in [9.17, 15) is 0 Å². The molecule has 2 N–H and O–H groups in total. The van der Waals surface area contributed by atoms with E-state index < -0.39 is 0 Å². The van der Waals surface area contributed by atoms with Gasteiger partial charge in [-0.25, -0.2) is 4.98 Å². The number of rotatable bonds is 6. The predicted molar refractivity (Wildman–Crippen MR) is 98.9 cm³/mol. The highest BCUT2D eigenvalue weighted by atomic mass is 16.5. The van der Waals surface area contributed by atoms with Gasteiger partial charge >= 0.3 is 0 Å². The summed E-state index contributed by atoms with van der Waals surface area (Å²) in [5, 5.41) is 16.4. The lowest BCUT2D eigenvalue weighted by molar-refractivity contribution is 0.310. The monoisotopic (exact) mass is 349 g/mol. The Labute approximate surface area is 150 Å². The molecule has 2 heterocycles. The van der Waals surface area contributed by atoms with Gasteiger partial charge in [-0.1, -0.05) is 35.5 Å². The van der Waals surface area contributed by atoms with Crippen LogP contribution in [0.25, 0.3) is 22.5 Å². The Kier molecular flexibility index (Phi) is 4.37. The molecule has 0 saturated heterocycles. The van der Waals surface area contributed by atoms with E-state index in [-0.39, 0.29) is 6.61 Å². The summed E-state index contributed by atoms with van der Waals surface area (Å²) in [7, 11) is 0. The van der Waals surface area contributed by atoms with Gasteiger partial charge in [0.15, 0.2) is 5.82 Å². The molecule has 132 valence electrons. The summed E-state index contributed by atoms with van der Waals surface area (Å²) in [6.45, 7) is 2.88. The molecule has 0 unspecified atom stereocenters. The lowest BCUT2D eigenvalue weighted by Crippen LogP contribution is -2.12. The molecular formula is C19H19N5O2. The molecule has 0 aliphatic rings.